The normalized spacial score (nSPS) is 17.9. The van der Waals surface area contributed by atoms with Crippen molar-refractivity contribution in [2.24, 2.45) is 0 Å². The van der Waals surface area contributed by atoms with Gasteiger partial charge < -0.3 is 25.2 Å². The summed E-state index contributed by atoms with van der Waals surface area (Å²) in [6, 6.07) is 8.70. The number of piperazine rings is 1. The molecule has 5 rings (SSSR count). The van der Waals surface area contributed by atoms with E-state index in [-0.39, 0.29) is 29.7 Å². The molecule has 212 valence electrons. The molecule has 11 nitrogen and oxygen atoms in total. The Labute approximate surface area is 238 Å². The average Bonchev–Trinajstić information content (AvgIpc) is 3.53. The minimum atomic E-state index is -0.696. The lowest BCUT2D eigenvalue weighted by atomic mass is 9.95. The second kappa shape index (κ2) is 13.0. The van der Waals surface area contributed by atoms with Gasteiger partial charge in [-0.15, -0.1) is 0 Å². The van der Waals surface area contributed by atoms with Crippen LogP contribution in [0, 0.1) is 0 Å². The molecule has 1 atom stereocenters. The van der Waals surface area contributed by atoms with Crippen molar-refractivity contribution in [3.8, 4) is 11.7 Å². The van der Waals surface area contributed by atoms with Gasteiger partial charge in [-0.1, -0.05) is 43.0 Å². The fraction of sp³-hybridized carbons (Fsp3) is 0.464. The fourth-order valence-corrected chi connectivity index (χ4v) is 5.43. The van der Waals surface area contributed by atoms with Crippen molar-refractivity contribution in [1.82, 2.24) is 35.1 Å². The van der Waals surface area contributed by atoms with Crippen LogP contribution in [0.3, 0.4) is 0 Å². The molecule has 3 aromatic rings. The monoisotopic (exact) mass is 566 g/mol. The number of aromatic nitrogens is 4. The van der Waals surface area contributed by atoms with E-state index in [1.54, 1.807) is 41.4 Å². The maximum Gasteiger partial charge on any atom is 0.318 e. The first kappa shape index (κ1) is 27.7. The van der Waals surface area contributed by atoms with E-state index in [1.807, 2.05) is 29.2 Å². The van der Waals surface area contributed by atoms with Gasteiger partial charge in [0.1, 0.15) is 29.1 Å². The van der Waals surface area contributed by atoms with Crippen LogP contribution in [0.1, 0.15) is 37.7 Å². The molecule has 0 bridgehead atoms. The quantitative estimate of drug-likeness (QED) is 0.402. The van der Waals surface area contributed by atoms with E-state index in [9.17, 15) is 9.59 Å². The van der Waals surface area contributed by atoms with E-state index in [0.29, 0.717) is 37.8 Å². The highest BCUT2D eigenvalue weighted by atomic mass is 35.5. The summed E-state index contributed by atoms with van der Waals surface area (Å²) in [6.07, 6.45) is 11.0. The van der Waals surface area contributed by atoms with Gasteiger partial charge in [-0.25, -0.2) is 14.8 Å². The highest BCUT2D eigenvalue weighted by molar-refractivity contribution is 6.29. The molecular formula is C28H35ClN8O3. The minimum Gasteiger partial charge on any atom is -0.497 e. The van der Waals surface area contributed by atoms with Crippen LogP contribution in [0.5, 0.6) is 5.75 Å². The average molecular weight is 567 g/mol. The molecule has 1 saturated carbocycles. The third-order valence-electron chi connectivity index (χ3n) is 7.48. The molecule has 2 aliphatic rings. The van der Waals surface area contributed by atoms with Crippen LogP contribution >= 0.6 is 11.6 Å². The Morgan fingerprint density at radius 2 is 1.90 bits per heavy atom. The van der Waals surface area contributed by atoms with Crippen molar-refractivity contribution in [3.63, 3.8) is 0 Å². The molecule has 40 heavy (non-hydrogen) atoms. The van der Waals surface area contributed by atoms with Crippen LogP contribution < -0.4 is 20.3 Å². The lowest BCUT2D eigenvalue weighted by Gasteiger charge is -2.41. The van der Waals surface area contributed by atoms with Crippen LogP contribution in [0.2, 0.25) is 5.15 Å². The Morgan fingerprint density at radius 1 is 1.10 bits per heavy atom. The van der Waals surface area contributed by atoms with Crippen molar-refractivity contribution in [2.75, 3.05) is 38.2 Å². The fourth-order valence-electron chi connectivity index (χ4n) is 5.25. The number of methoxy groups -OCH3 is 1. The van der Waals surface area contributed by atoms with E-state index in [1.165, 1.54) is 6.42 Å². The third kappa shape index (κ3) is 6.82. The summed E-state index contributed by atoms with van der Waals surface area (Å²) in [4.78, 5) is 43.6. The zero-order valence-corrected chi connectivity index (χ0v) is 23.4. The molecular weight excluding hydrogens is 532 g/mol. The van der Waals surface area contributed by atoms with Gasteiger partial charge in [0.15, 0.2) is 0 Å². The number of carbonyl (C=O) groups excluding carboxylic acids is 2. The lowest BCUT2D eigenvalue weighted by molar-refractivity contribution is -0.125. The number of ether oxygens (including phenoxy) is 1. The van der Waals surface area contributed by atoms with E-state index in [0.717, 1.165) is 37.0 Å². The molecule has 1 unspecified atom stereocenters. The van der Waals surface area contributed by atoms with Crippen LogP contribution in [-0.4, -0.2) is 81.7 Å². The van der Waals surface area contributed by atoms with E-state index in [4.69, 9.17) is 16.3 Å². The lowest BCUT2D eigenvalue weighted by Crippen LogP contribution is -2.63. The van der Waals surface area contributed by atoms with Gasteiger partial charge in [-0.05, 0) is 37.0 Å². The van der Waals surface area contributed by atoms with E-state index in [2.05, 4.69) is 25.6 Å². The molecule has 3 heterocycles. The maximum atomic E-state index is 13.5. The largest absolute Gasteiger partial charge is 0.497 e. The molecule has 2 aromatic heterocycles. The number of amides is 3. The van der Waals surface area contributed by atoms with Crippen LogP contribution in [0.25, 0.3) is 5.95 Å². The predicted octanol–water partition coefficient (Wildman–Crippen LogP) is 3.22. The van der Waals surface area contributed by atoms with Gasteiger partial charge in [0.25, 0.3) is 0 Å². The third-order valence-corrected chi connectivity index (χ3v) is 7.67. The summed E-state index contributed by atoms with van der Waals surface area (Å²) < 4.78 is 6.90. The Balaban J connectivity index is 1.30. The number of nitrogens with zero attached hydrogens (tertiary/aromatic N) is 6. The van der Waals surface area contributed by atoms with Crippen LogP contribution in [0.4, 0.5) is 10.6 Å². The van der Waals surface area contributed by atoms with Gasteiger partial charge in [0, 0.05) is 50.7 Å². The van der Waals surface area contributed by atoms with Crippen molar-refractivity contribution < 1.29 is 14.3 Å². The number of nitrogens with one attached hydrogen (secondary N) is 2. The topological polar surface area (TPSA) is 118 Å². The standard InChI is InChI=1S/C28H35ClN8O3/c1-40-22-9-7-20(8-10-22)11-12-31-26(38)23-18-35(15-16-37(23)28(39)32-21-5-3-2-4-6-21)25-17-24(29)33-27(34-25)36-14-13-30-19-36/h7-10,13-14,17,19,21,23H,2-6,11-12,15-16,18H2,1H3,(H,31,38)(H,32,39). The summed E-state index contributed by atoms with van der Waals surface area (Å²) >= 11 is 6.35. The molecule has 0 spiro atoms. The summed E-state index contributed by atoms with van der Waals surface area (Å²) in [6.45, 7) is 1.61. The van der Waals surface area contributed by atoms with Crippen molar-refractivity contribution in [3.05, 3.63) is 59.8 Å². The Morgan fingerprint density at radius 3 is 2.62 bits per heavy atom. The first-order chi connectivity index (χ1) is 19.5. The van der Waals surface area contributed by atoms with Crippen molar-refractivity contribution >= 4 is 29.4 Å². The molecule has 1 aromatic carbocycles. The number of halogens is 1. The molecule has 12 heteroatoms. The SMILES string of the molecule is COc1ccc(CCNC(=O)C2CN(c3cc(Cl)nc(-n4ccnc4)n3)CCN2C(=O)NC2CCCCC2)cc1. The predicted molar refractivity (Wildman–Crippen MR) is 152 cm³/mol. The molecule has 1 aliphatic carbocycles. The van der Waals surface area contributed by atoms with E-state index >= 15 is 0 Å². The van der Waals surface area contributed by atoms with Crippen LogP contribution in [-0.2, 0) is 11.2 Å². The molecule has 2 N–H and O–H groups in total. The highest BCUT2D eigenvalue weighted by Crippen LogP contribution is 2.23. The molecule has 1 saturated heterocycles. The van der Waals surface area contributed by atoms with Gasteiger partial charge in [0.2, 0.25) is 11.9 Å². The van der Waals surface area contributed by atoms with Gasteiger partial charge in [0.05, 0.1) is 7.11 Å². The van der Waals surface area contributed by atoms with Gasteiger partial charge >= 0.3 is 6.03 Å². The highest BCUT2D eigenvalue weighted by Gasteiger charge is 2.37. The molecule has 3 amide bonds. The number of benzene rings is 1. The van der Waals surface area contributed by atoms with Gasteiger partial charge in [-0.3, -0.25) is 9.36 Å². The minimum absolute atomic E-state index is 0.150. The number of hydrogen-bond donors (Lipinski definition) is 2. The summed E-state index contributed by atoms with van der Waals surface area (Å²) in [5, 5.41) is 6.51. The number of carbonyl (C=O) groups is 2. The smallest absolute Gasteiger partial charge is 0.318 e. The maximum absolute atomic E-state index is 13.5. The molecule has 2 fully saturated rings. The summed E-state index contributed by atoms with van der Waals surface area (Å²) in [5.74, 6) is 1.56. The summed E-state index contributed by atoms with van der Waals surface area (Å²) in [5.41, 5.74) is 1.08. The molecule has 1 aliphatic heterocycles. The zero-order chi connectivity index (χ0) is 27.9. The van der Waals surface area contributed by atoms with E-state index < -0.39 is 6.04 Å². The number of urea groups is 1. The summed E-state index contributed by atoms with van der Waals surface area (Å²) in [7, 11) is 1.63. The van der Waals surface area contributed by atoms with Gasteiger partial charge in [-0.2, -0.15) is 4.98 Å². The first-order valence-electron chi connectivity index (χ1n) is 13.8. The Hall–Kier alpha value is -3.86. The van der Waals surface area contributed by atoms with Crippen molar-refractivity contribution in [2.45, 2.75) is 50.6 Å². The number of imidazole rings is 1. The number of hydrogen-bond acceptors (Lipinski definition) is 7. The first-order valence-corrected chi connectivity index (χ1v) is 14.1. The second-order valence-corrected chi connectivity index (χ2v) is 10.5. The zero-order valence-electron chi connectivity index (χ0n) is 22.6. The van der Waals surface area contributed by atoms with Crippen LogP contribution in [0.15, 0.2) is 49.1 Å². The molecule has 0 radical (unpaired) electrons. The number of rotatable bonds is 8. The second-order valence-electron chi connectivity index (χ2n) is 10.1. The Kier molecular flexibility index (Phi) is 9.00. The Bertz CT molecular complexity index is 1280. The van der Waals surface area contributed by atoms with Crippen molar-refractivity contribution in [1.29, 1.82) is 0 Å². The number of anilines is 1.